The van der Waals surface area contributed by atoms with E-state index < -0.39 is 68.3 Å². The zero-order chi connectivity index (χ0) is 19.6. The minimum atomic E-state index is -7.02. The van der Waals surface area contributed by atoms with Crippen LogP contribution in [0.4, 0.5) is 52.7 Å². The molecule has 1 unspecified atom stereocenters. The fourth-order valence-corrected chi connectivity index (χ4v) is 2.08. The first-order valence-corrected chi connectivity index (χ1v) is 6.29. The molecule has 1 nitrogen and oxygen atoms in total. The summed E-state index contributed by atoms with van der Waals surface area (Å²) in [5.74, 6) is -3.49. The highest BCUT2D eigenvalue weighted by Crippen LogP contribution is 2.63. The van der Waals surface area contributed by atoms with E-state index in [-0.39, 0.29) is 0 Å². The maximum absolute atomic E-state index is 12.7. The summed E-state index contributed by atoms with van der Waals surface area (Å²) in [4.78, 5) is 0. The van der Waals surface area contributed by atoms with Gasteiger partial charge in [0.05, 0.1) is 5.92 Å². The van der Waals surface area contributed by atoms with Gasteiger partial charge in [0.2, 0.25) is 0 Å². The van der Waals surface area contributed by atoms with E-state index >= 15 is 0 Å². The van der Waals surface area contributed by atoms with Gasteiger partial charge in [-0.15, -0.1) is 0 Å². The number of aliphatic hydroxyl groups excluding tert-OH is 1. The van der Waals surface area contributed by atoms with Gasteiger partial charge in [0.15, 0.2) is 0 Å². The van der Waals surface area contributed by atoms with Gasteiger partial charge in [-0.25, -0.2) is 0 Å². The SMILES string of the molecule is OCCCCC(CC(C(F)(F)F)(C(F)(F)F)C(F)(F)F)C(F)(F)F. The van der Waals surface area contributed by atoms with Gasteiger partial charge in [-0.2, -0.15) is 52.7 Å². The molecule has 0 fully saturated rings. The van der Waals surface area contributed by atoms with E-state index in [1.807, 2.05) is 0 Å². The van der Waals surface area contributed by atoms with Crippen molar-refractivity contribution >= 4 is 0 Å². The van der Waals surface area contributed by atoms with Crippen molar-refractivity contribution in [1.82, 2.24) is 0 Å². The van der Waals surface area contributed by atoms with Gasteiger partial charge in [-0.3, -0.25) is 0 Å². The van der Waals surface area contributed by atoms with E-state index in [0.717, 1.165) is 0 Å². The van der Waals surface area contributed by atoms with Crippen molar-refractivity contribution in [1.29, 1.82) is 0 Å². The summed E-state index contributed by atoms with van der Waals surface area (Å²) >= 11 is 0. The Morgan fingerprint density at radius 1 is 0.625 bits per heavy atom. The Labute approximate surface area is 127 Å². The fourth-order valence-electron chi connectivity index (χ4n) is 2.08. The molecule has 0 saturated carbocycles. The van der Waals surface area contributed by atoms with Crippen molar-refractivity contribution in [2.45, 2.75) is 50.4 Å². The monoisotopic (exact) mass is 388 g/mol. The largest absolute Gasteiger partial charge is 0.412 e. The minimum Gasteiger partial charge on any atom is -0.396 e. The van der Waals surface area contributed by atoms with Gasteiger partial charge in [-0.1, -0.05) is 6.42 Å². The molecule has 0 aromatic carbocycles. The van der Waals surface area contributed by atoms with Gasteiger partial charge in [0, 0.05) is 6.61 Å². The van der Waals surface area contributed by atoms with Crippen LogP contribution in [0.5, 0.6) is 0 Å². The van der Waals surface area contributed by atoms with Crippen LogP contribution in [0.25, 0.3) is 0 Å². The summed E-state index contributed by atoms with van der Waals surface area (Å²) in [6, 6.07) is 0. The second-order valence-corrected chi connectivity index (χ2v) is 5.06. The smallest absolute Gasteiger partial charge is 0.396 e. The van der Waals surface area contributed by atoms with Gasteiger partial charge >= 0.3 is 24.7 Å². The van der Waals surface area contributed by atoms with E-state index in [9.17, 15) is 52.7 Å². The molecule has 146 valence electrons. The third-order valence-electron chi connectivity index (χ3n) is 3.43. The van der Waals surface area contributed by atoms with E-state index in [1.54, 1.807) is 0 Å². The van der Waals surface area contributed by atoms with Gasteiger partial charge in [-0.05, 0) is 19.3 Å². The van der Waals surface area contributed by atoms with Crippen molar-refractivity contribution in [3.8, 4) is 0 Å². The third kappa shape index (κ3) is 4.82. The predicted octanol–water partition coefficient (Wildman–Crippen LogP) is 5.39. The van der Waals surface area contributed by atoms with Crippen LogP contribution in [0.2, 0.25) is 0 Å². The second kappa shape index (κ2) is 7.16. The molecule has 0 aliphatic rings. The predicted molar refractivity (Wildman–Crippen MR) is 55.7 cm³/mol. The van der Waals surface area contributed by atoms with E-state index in [1.165, 1.54) is 0 Å². The number of halogens is 12. The van der Waals surface area contributed by atoms with E-state index in [4.69, 9.17) is 5.11 Å². The van der Waals surface area contributed by atoms with Crippen molar-refractivity contribution in [3.05, 3.63) is 0 Å². The summed E-state index contributed by atoms with van der Waals surface area (Å²) in [6.45, 7) is -0.715. The van der Waals surface area contributed by atoms with Crippen LogP contribution in [0.3, 0.4) is 0 Å². The molecule has 0 heterocycles. The van der Waals surface area contributed by atoms with Crippen LogP contribution in [-0.2, 0) is 0 Å². The Bertz CT molecular complexity index is 352. The molecule has 0 aliphatic carbocycles. The second-order valence-electron chi connectivity index (χ2n) is 5.06. The lowest BCUT2D eigenvalue weighted by molar-refractivity contribution is -0.435. The average molecular weight is 388 g/mol. The third-order valence-corrected chi connectivity index (χ3v) is 3.43. The van der Waals surface area contributed by atoms with Crippen LogP contribution in [0.1, 0.15) is 25.7 Å². The van der Waals surface area contributed by atoms with Crippen LogP contribution < -0.4 is 0 Å². The highest BCUT2D eigenvalue weighted by molar-refractivity contribution is 5.01. The topological polar surface area (TPSA) is 20.2 Å². The molecule has 13 heteroatoms. The number of hydrogen-bond donors (Lipinski definition) is 1. The highest BCUT2D eigenvalue weighted by atomic mass is 19.4. The van der Waals surface area contributed by atoms with Crippen LogP contribution in [0, 0.1) is 11.3 Å². The summed E-state index contributed by atoms with van der Waals surface area (Å²) < 4.78 is 152. The lowest BCUT2D eigenvalue weighted by atomic mass is 9.75. The first kappa shape index (κ1) is 23.1. The quantitative estimate of drug-likeness (QED) is 0.478. The first-order valence-electron chi connectivity index (χ1n) is 6.29. The summed E-state index contributed by atoms with van der Waals surface area (Å²) in [5, 5.41) is 8.38. The fraction of sp³-hybridized carbons (Fsp3) is 1.00. The molecule has 0 spiro atoms. The van der Waals surface area contributed by atoms with Crippen LogP contribution in [-0.4, -0.2) is 36.4 Å². The molecule has 0 aromatic rings. The van der Waals surface area contributed by atoms with Crippen molar-refractivity contribution in [3.63, 3.8) is 0 Å². The lowest BCUT2D eigenvalue weighted by Crippen LogP contribution is -2.61. The molecule has 0 bridgehead atoms. The molecule has 0 aromatic heterocycles. The maximum Gasteiger partial charge on any atom is 0.412 e. The Morgan fingerprint density at radius 2 is 1.00 bits per heavy atom. The summed E-state index contributed by atoms with van der Waals surface area (Å²) in [5.41, 5.74) is -6.49. The van der Waals surface area contributed by atoms with Gasteiger partial charge in [0.1, 0.15) is 0 Å². The summed E-state index contributed by atoms with van der Waals surface area (Å²) in [6.07, 6.45) is -32.5. The highest BCUT2D eigenvalue weighted by Gasteiger charge is 2.84. The summed E-state index contributed by atoms with van der Waals surface area (Å²) in [7, 11) is 0. The molecule has 1 atom stereocenters. The molecule has 0 saturated heterocycles. The Morgan fingerprint density at radius 3 is 1.25 bits per heavy atom. The van der Waals surface area contributed by atoms with E-state index in [0.29, 0.717) is 0 Å². The lowest BCUT2D eigenvalue weighted by Gasteiger charge is -2.40. The molecular formula is C11H12F12O. The first-order chi connectivity index (χ1) is 10.4. The Balaban J connectivity index is 6.06. The number of unbranched alkanes of at least 4 members (excludes halogenated alkanes) is 1. The molecule has 1 N–H and O–H groups in total. The molecule has 24 heavy (non-hydrogen) atoms. The molecule has 0 aliphatic heterocycles. The molecule has 0 amide bonds. The minimum absolute atomic E-state index is 0.413. The zero-order valence-corrected chi connectivity index (χ0v) is 11.6. The van der Waals surface area contributed by atoms with Crippen molar-refractivity contribution in [2.24, 2.45) is 11.3 Å². The average Bonchev–Trinajstić information content (AvgIpc) is 2.26. The molecule has 0 rings (SSSR count). The number of hydrogen-bond acceptors (Lipinski definition) is 1. The van der Waals surface area contributed by atoms with Gasteiger partial charge < -0.3 is 5.11 Å². The van der Waals surface area contributed by atoms with Crippen LogP contribution in [0.15, 0.2) is 0 Å². The number of alkyl halides is 12. The maximum atomic E-state index is 12.7. The van der Waals surface area contributed by atoms with Gasteiger partial charge in [0.25, 0.3) is 5.41 Å². The normalized spacial score (nSPS) is 16.4. The van der Waals surface area contributed by atoms with Crippen LogP contribution >= 0.6 is 0 Å². The zero-order valence-electron chi connectivity index (χ0n) is 11.6. The van der Waals surface area contributed by atoms with Crippen molar-refractivity contribution < 1.29 is 57.8 Å². The standard InChI is InChI=1S/C11H12F12O/c12-8(13,14)6(3-1-2-4-24)5-7(9(15,16)17,10(18,19)20)11(21,22)23/h6,24H,1-5H2. The molecular weight excluding hydrogens is 376 g/mol. The van der Waals surface area contributed by atoms with Crippen molar-refractivity contribution in [2.75, 3.05) is 6.61 Å². The molecule has 0 radical (unpaired) electrons. The van der Waals surface area contributed by atoms with E-state index in [2.05, 4.69) is 0 Å². The Hall–Kier alpha value is -0.880. The Kier molecular flexibility index (Phi) is 6.90. The number of aliphatic hydroxyl groups is 1. The number of rotatable bonds is 6.